The molecule has 4 aliphatic rings. The number of ether oxygens (including phenoxy) is 1. The Morgan fingerprint density at radius 3 is 2.53 bits per heavy atom. The van der Waals surface area contributed by atoms with E-state index in [0.29, 0.717) is 28.1 Å². The van der Waals surface area contributed by atoms with Gasteiger partial charge in [-0.25, -0.2) is 14.8 Å². The Balaban J connectivity index is 0.00000274. The first-order valence-electron chi connectivity index (χ1n) is 11.9. The molecule has 2 atom stereocenters. The first-order chi connectivity index (χ1) is 16.0. The van der Waals surface area contributed by atoms with Crippen molar-refractivity contribution in [3.63, 3.8) is 0 Å². The number of halogens is 1. The van der Waals surface area contributed by atoms with Crippen LogP contribution >= 0.6 is 11.3 Å². The van der Waals surface area contributed by atoms with Crippen molar-refractivity contribution in [2.24, 2.45) is 11.8 Å². The third-order valence-corrected chi connectivity index (χ3v) is 8.77. The summed E-state index contributed by atoms with van der Waals surface area (Å²) in [4.78, 5) is 34.8. The molecule has 1 aliphatic carbocycles. The number of nitrogens with one attached hydrogen (secondary N) is 1. The third kappa shape index (κ3) is 4.91. The molecule has 2 N–H and O–H groups in total. The molecule has 2 aromatic heterocycles. The lowest BCUT2D eigenvalue weighted by molar-refractivity contribution is -0.939. The number of anilines is 1. The van der Waals surface area contributed by atoms with Crippen molar-refractivity contribution in [2.75, 3.05) is 31.5 Å². The number of aliphatic hydroxyl groups is 1. The molecule has 1 amide bonds. The van der Waals surface area contributed by atoms with Crippen LogP contribution in [0.4, 0.5) is 5.69 Å². The molecule has 4 fully saturated rings. The van der Waals surface area contributed by atoms with Crippen molar-refractivity contribution in [3.05, 3.63) is 41.1 Å². The van der Waals surface area contributed by atoms with Crippen molar-refractivity contribution in [1.82, 2.24) is 9.97 Å². The number of amides is 1. The summed E-state index contributed by atoms with van der Waals surface area (Å²) in [6, 6.07) is 3.71. The van der Waals surface area contributed by atoms with Crippen molar-refractivity contribution in [2.45, 2.75) is 50.2 Å². The van der Waals surface area contributed by atoms with Crippen molar-refractivity contribution in [1.29, 1.82) is 0 Å². The highest BCUT2D eigenvalue weighted by Crippen LogP contribution is 2.44. The van der Waals surface area contributed by atoms with Gasteiger partial charge in [0.2, 0.25) is 0 Å². The van der Waals surface area contributed by atoms with E-state index >= 15 is 0 Å². The molecule has 1 saturated carbocycles. The smallest absolute Gasteiger partial charge is 0.344 e. The second kappa shape index (κ2) is 10.4. The molecule has 0 aromatic carbocycles. The number of hydrogen-bond acceptors (Lipinski definition) is 7. The van der Waals surface area contributed by atoms with Crippen LogP contribution in [0.5, 0.6) is 0 Å². The molecule has 2 bridgehead atoms. The molecule has 1 unspecified atom stereocenters. The van der Waals surface area contributed by atoms with Crippen molar-refractivity contribution in [3.8, 4) is 0 Å². The molecule has 6 rings (SSSR count). The Hall–Kier alpha value is -1.88. The fourth-order valence-electron chi connectivity index (χ4n) is 5.98. The van der Waals surface area contributed by atoms with Gasteiger partial charge < -0.3 is 36.6 Å². The second-order valence-electron chi connectivity index (χ2n) is 9.81. The van der Waals surface area contributed by atoms with Crippen LogP contribution in [0.2, 0.25) is 0 Å². The van der Waals surface area contributed by atoms with E-state index in [1.54, 1.807) is 12.4 Å². The van der Waals surface area contributed by atoms with Gasteiger partial charge in [0.25, 0.3) is 5.91 Å². The monoisotopic (exact) mass is 550 g/mol. The molecule has 8 nitrogen and oxygen atoms in total. The Bertz CT molecular complexity index is 978. The quantitative estimate of drug-likeness (QED) is 0.363. The van der Waals surface area contributed by atoms with Gasteiger partial charge in [-0.1, -0.05) is 18.9 Å². The van der Waals surface area contributed by atoms with Crippen molar-refractivity contribution >= 4 is 28.9 Å². The largest absolute Gasteiger partial charge is 1.00 e. The van der Waals surface area contributed by atoms with E-state index in [1.807, 2.05) is 17.5 Å². The Kier molecular flexibility index (Phi) is 7.71. The minimum absolute atomic E-state index is 0. The summed E-state index contributed by atoms with van der Waals surface area (Å²) >= 11 is 1.41. The summed E-state index contributed by atoms with van der Waals surface area (Å²) in [5.41, 5.74) is -1.00. The number of piperidine rings is 3. The van der Waals surface area contributed by atoms with E-state index in [4.69, 9.17) is 4.74 Å². The molecule has 0 spiro atoms. The highest BCUT2D eigenvalue weighted by atomic mass is 79.9. The molecule has 184 valence electrons. The predicted molar refractivity (Wildman–Crippen MR) is 123 cm³/mol. The highest BCUT2D eigenvalue weighted by molar-refractivity contribution is 7.10. The van der Waals surface area contributed by atoms with E-state index in [2.05, 4.69) is 15.3 Å². The van der Waals surface area contributed by atoms with E-state index in [1.165, 1.54) is 17.7 Å². The lowest BCUT2D eigenvalue weighted by Crippen LogP contribution is -3.00. The number of quaternary nitrogens is 1. The van der Waals surface area contributed by atoms with Gasteiger partial charge in [0.15, 0.2) is 18.2 Å². The van der Waals surface area contributed by atoms with Gasteiger partial charge in [-0.3, -0.25) is 4.79 Å². The molecular formula is C24H31BrN4O4S. The number of rotatable bonds is 7. The minimum Gasteiger partial charge on any atom is -1.00 e. The fraction of sp³-hybridized carbons (Fsp3) is 0.583. The van der Waals surface area contributed by atoms with Crippen LogP contribution < -0.4 is 22.3 Å². The van der Waals surface area contributed by atoms with Gasteiger partial charge in [-0.05, 0) is 24.3 Å². The average molecular weight is 552 g/mol. The van der Waals surface area contributed by atoms with E-state index in [0.717, 1.165) is 51.6 Å². The maximum atomic E-state index is 13.5. The summed E-state index contributed by atoms with van der Waals surface area (Å²) in [7, 11) is 0. The topological polar surface area (TPSA) is 101 Å². The molecule has 34 heavy (non-hydrogen) atoms. The van der Waals surface area contributed by atoms with E-state index in [-0.39, 0.29) is 40.8 Å². The molecule has 3 aliphatic heterocycles. The number of esters is 1. The van der Waals surface area contributed by atoms with Gasteiger partial charge in [-0.2, -0.15) is 0 Å². The summed E-state index contributed by atoms with van der Waals surface area (Å²) < 4.78 is 6.71. The van der Waals surface area contributed by atoms with Gasteiger partial charge in [-0.15, -0.1) is 11.3 Å². The number of fused-ring (bicyclic) bond motifs is 3. The summed E-state index contributed by atoms with van der Waals surface area (Å²) in [5.74, 6) is -0.418. The van der Waals surface area contributed by atoms with Crippen LogP contribution in [0.3, 0.4) is 0 Å². The van der Waals surface area contributed by atoms with Gasteiger partial charge >= 0.3 is 5.97 Å². The molecule has 3 saturated heterocycles. The van der Waals surface area contributed by atoms with Crippen LogP contribution in [0, 0.1) is 11.8 Å². The normalized spacial score (nSPS) is 28.0. The number of carbonyl (C=O) groups excluding carboxylic acids is 2. The lowest BCUT2D eigenvalue weighted by atomic mass is 9.82. The molecule has 10 heteroatoms. The van der Waals surface area contributed by atoms with Crippen LogP contribution in [-0.4, -0.2) is 63.7 Å². The SMILES string of the molecule is O=C(C[N+]12CCC(CC1)[C@@H](OC(=O)C(O)(c1cccs1)C1CCCC1)C2)Nc1cncnc1.[Br-]. The first kappa shape index (κ1) is 25.2. The van der Waals surface area contributed by atoms with Crippen LogP contribution in [-0.2, 0) is 19.9 Å². The number of thiophene rings is 1. The van der Waals surface area contributed by atoms with Crippen LogP contribution in [0.15, 0.2) is 36.2 Å². The van der Waals surface area contributed by atoms with Crippen molar-refractivity contribution < 1.29 is 40.9 Å². The minimum atomic E-state index is -1.58. The zero-order valence-corrected chi connectivity index (χ0v) is 21.5. The fourth-order valence-corrected chi connectivity index (χ4v) is 6.87. The molecular weight excluding hydrogens is 520 g/mol. The number of nitrogens with zero attached hydrogens (tertiary/aromatic N) is 3. The number of hydrogen-bond donors (Lipinski definition) is 2. The molecule has 5 heterocycles. The molecule has 2 aromatic rings. The Morgan fingerprint density at radius 2 is 1.88 bits per heavy atom. The Morgan fingerprint density at radius 1 is 1.18 bits per heavy atom. The predicted octanol–water partition coefficient (Wildman–Crippen LogP) is -0.289. The lowest BCUT2D eigenvalue weighted by Gasteiger charge is -2.51. The highest BCUT2D eigenvalue weighted by Gasteiger charge is 2.53. The van der Waals surface area contributed by atoms with E-state index < -0.39 is 11.6 Å². The standard InChI is InChI=1S/C24H30N4O4S.BrH/c29-22(27-19-12-25-16-26-13-19)15-28-9-7-17(8-10-28)20(14-28)32-23(30)24(31,18-4-1-2-5-18)21-6-3-11-33-21;/h3,6,11-13,16-18,20,31H,1-2,4-5,7-10,14-15H2;1H/t17?,20-,24?,28?;/m0./s1. The summed E-state index contributed by atoms with van der Waals surface area (Å²) in [6.45, 7) is 2.73. The van der Waals surface area contributed by atoms with Gasteiger partial charge in [0.1, 0.15) is 12.9 Å². The third-order valence-electron chi connectivity index (χ3n) is 7.78. The second-order valence-corrected chi connectivity index (χ2v) is 10.8. The van der Waals surface area contributed by atoms with Gasteiger partial charge in [0.05, 0.1) is 31.2 Å². The maximum absolute atomic E-state index is 13.5. The number of aromatic nitrogens is 2. The average Bonchev–Trinajstić information content (AvgIpc) is 3.54. The summed E-state index contributed by atoms with van der Waals surface area (Å²) in [6.07, 6.45) is 9.86. The Labute approximate surface area is 214 Å². The summed E-state index contributed by atoms with van der Waals surface area (Å²) in [5, 5.41) is 16.4. The first-order valence-corrected chi connectivity index (χ1v) is 12.7. The van der Waals surface area contributed by atoms with Crippen LogP contribution in [0.1, 0.15) is 43.4 Å². The maximum Gasteiger partial charge on any atom is 0.344 e. The van der Waals surface area contributed by atoms with Crippen LogP contribution in [0.25, 0.3) is 0 Å². The van der Waals surface area contributed by atoms with Gasteiger partial charge in [0, 0.05) is 29.6 Å². The zero-order valence-electron chi connectivity index (χ0n) is 19.1. The zero-order chi connectivity index (χ0) is 22.9. The number of carbonyl (C=O) groups is 2. The van der Waals surface area contributed by atoms with E-state index in [9.17, 15) is 14.7 Å². The molecule has 0 radical (unpaired) electrons.